The Kier molecular flexibility index (Phi) is 8.50. The van der Waals surface area contributed by atoms with E-state index in [9.17, 15) is 0 Å². The van der Waals surface area contributed by atoms with E-state index in [2.05, 4.69) is 95.4 Å². The summed E-state index contributed by atoms with van der Waals surface area (Å²) in [7, 11) is 0. The monoisotopic (exact) mass is 757 g/mol. The van der Waals surface area contributed by atoms with Gasteiger partial charge in [0.25, 0.3) is 0 Å². The van der Waals surface area contributed by atoms with Crippen LogP contribution in [0.5, 0.6) is 0 Å². The fourth-order valence-corrected chi connectivity index (χ4v) is 10.7. The van der Waals surface area contributed by atoms with Gasteiger partial charge in [0.2, 0.25) is 0 Å². The molecule has 7 aromatic rings. The van der Waals surface area contributed by atoms with E-state index >= 15 is 0 Å². The van der Waals surface area contributed by atoms with Crippen LogP contribution in [0.3, 0.4) is 0 Å². The number of aromatic nitrogens is 5. The predicted molar refractivity (Wildman–Crippen MR) is 191 cm³/mol. The van der Waals surface area contributed by atoms with Crippen molar-refractivity contribution < 1.29 is 0 Å². The Hall–Kier alpha value is -1.76. The zero-order valence-corrected chi connectivity index (χ0v) is 29.8. The number of fused-ring (bicyclic) bond motifs is 5. The summed E-state index contributed by atoms with van der Waals surface area (Å²) in [6.07, 6.45) is 9.99. The van der Waals surface area contributed by atoms with Crippen LogP contribution in [-0.4, -0.2) is 22.1 Å². The average Bonchev–Trinajstić information content (AvgIpc) is 3.81. The Morgan fingerprint density at radius 2 is 1.10 bits per heavy atom. The van der Waals surface area contributed by atoms with Crippen LogP contribution in [0.15, 0.2) is 45.3 Å². The third-order valence-electron chi connectivity index (χ3n) is 8.06. The van der Waals surface area contributed by atoms with Gasteiger partial charge in [0.1, 0.15) is 22.1 Å². The number of benzene rings is 2. The lowest BCUT2D eigenvalue weighted by molar-refractivity contribution is 0.418. The Bertz CT molecular complexity index is 1890. The Morgan fingerprint density at radius 3 is 1.55 bits per heavy atom. The minimum absolute atomic E-state index is 0.477. The van der Waals surface area contributed by atoms with Crippen molar-refractivity contribution in [3.8, 4) is 20.9 Å². The first-order valence-electron chi connectivity index (χ1n) is 14.5. The number of thiophene rings is 2. The summed E-state index contributed by atoms with van der Waals surface area (Å²) in [6.45, 7) is 4.60. The summed E-state index contributed by atoms with van der Waals surface area (Å²) in [6, 6.07) is 13.9. The summed E-state index contributed by atoms with van der Waals surface area (Å²) >= 11 is 13.7. The molecule has 0 N–H and O–H groups in total. The van der Waals surface area contributed by atoms with Crippen LogP contribution in [0.2, 0.25) is 0 Å². The van der Waals surface area contributed by atoms with E-state index in [1.807, 2.05) is 22.7 Å². The summed E-state index contributed by atoms with van der Waals surface area (Å²) in [5, 5.41) is 0. The highest BCUT2D eigenvalue weighted by Gasteiger charge is 2.25. The van der Waals surface area contributed by atoms with Gasteiger partial charge in [-0.25, -0.2) is 0 Å². The van der Waals surface area contributed by atoms with Crippen molar-refractivity contribution in [3.63, 3.8) is 0 Å². The molecule has 7 rings (SSSR count). The molecule has 0 unspecified atom stereocenters. The van der Waals surface area contributed by atoms with Crippen LogP contribution in [0.1, 0.15) is 71.3 Å². The van der Waals surface area contributed by atoms with Gasteiger partial charge in [-0.05, 0) is 69.0 Å². The van der Waals surface area contributed by atoms with Crippen molar-refractivity contribution in [2.45, 2.75) is 71.3 Å². The van der Waals surface area contributed by atoms with Gasteiger partial charge >= 0.3 is 0 Å². The standard InChI is InChI=1S/C31H29Br2N5S4/c1-3-5-7-9-17(10-8-6-4-2)38-22-15-24(18-11-13-20(32)28-26(18)34-41-36-28)39-30(22)31-23(38)16-25(40-31)19-12-14-21(33)29-27(19)35-42-37-29/h11-17H,3-10H2,1-2H3. The first-order chi connectivity index (χ1) is 20.6. The molecule has 0 aliphatic rings. The molecule has 216 valence electrons. The normalized spacial score (nSPS) is 12.3. The van der Waals surface area contributed by atoms with E-state index in [-0.39, 0.29) is 0 Å². The highest BCUT2D eigenvalue weighted by molar-refractivity contribution is 9.11. The van der Waals surface area contributed by atoms with Gasteiger partial charge in [-0.3, -0.25) is 0 Å². The molecule has 0 amide bonds. The lowest BCUT2D eigenvalue weighted by Gasteiger charge is -2.21. The van der Waals surface area contributed by atoms with E-state index in [4.69, 9.17) is 8.75 Å². The molecule has 0 aliphatic heterocycles. The largest absolute Gasteiger partial charge is 0.336 e. The molecule has 5 heterocycles. The smallest absolute Gasteiger partial charge is 0.119 e. The highest BCUT2D eigenvalue weighted by Crippen LogP contribution is 2.49. The SMILES string of the molecule is CCCCCC(CCCCC)n1c2cc(-c3ccc(Br)c4nsnc34)sc2c2sc(-c3ccc(Br)c4nsnc34)cc21. The minimum atomic E-state index is 0.477. The first-order valence-corrected chi connectivity index (χ1v) is 19.2. The fraction of sp³-hybridized carbons (Fsp3) is 0.355. The van der Waals surface area contributed by atoms with Crippen molar-refractivity contribution in [2.75, 3.05) is 0 Å². The molecule has 2 aromatic carbocycles. The topological polar surface area (TPSA) is 56.5 Å². The molecule has 0 radical (unpaired) electrons. The molecule has 0 bridgehead atoms. The lowest BCUT2D eigenvalue weighted by Crippen LogP contribution is -2.09. The lowest BCUT2D eigenvalue weighted by atomic mass is 10.0. The number of hydrogen-bond acceptors (Lipinski definition) is 8. The molecule has 0 aliphatic carbocycles. The van der Waals surface area contributed by atoms with Gasteiger partial charge < -0.3 is 4.57 Å². The Balaban J connectivity index is 1.44. The summed E-state index contributed by atoms with van der Waals surface area (Å²) in [4.78, 5) is 2.51. The molecular formula is C31H29Br2N5S4. The number of rotatable bonds is 11. The Morgan fingerprint density at radius 1 is 0.643 bits per heavy atom. The molecule has 0 spiro atoms. The van der Waals surface area contributed by atoms with E-state index in [1.165, 1.54) is 105 Å². The van der Waals surface area contributed by atoms with Gasteiger partial charge in [-0.2, -0.15) is 17.5 Å². The zero-order valence-electron chi connectivity index (χ0n) is 23.3. The molecular weight excluding hydrogens is 730 g/mol. The van der Waals surface area contributed by atoms with E-state index in [0.717, 1.165) is 42.1 Å². The van der Waals surface area contributed by atoms with Crippen molar-refractivity contribution >= 4 is 120 Å². The van der Waals surface area contributed by atoms with E-state index < -0.39 is 0 Å². The second-order valence-corrected chi connectivity index (χ2v) is 15.6. The summed E-state index contributed by atoms with van der Waals surface area (Å²) in [5.41, 5.74) is 8.87. The number of halogens is 2. The molecule has 0 atom stereocenters. The van der Waals surface area contributed by atoms with Crippen LogP contribution in [0.25, 0.3) is 63.4 Å². The molecule has 0 saturated heterocycles. The first kappa shape index (κ1) is 29.0. The molecule has 5 aromatic heterocycles. The third kappa shape index (κ3) is 5.07. The maximum atomic E-state index is 4.69. The van der Waals surface area contributed by atoms with Crippen molar-refractivity contribution in [1.82, 2.24) is 22.1 Å². The van der Waals surface area contributed by atoms with Crippen molar-refractivity contribution in [1.29, 1.82) is 0 Å². The molecule has 0 fully saturated rings. The second kappa shape index (κ2) is 12.3. The molecule has 0 saturated carbocycles. The van der Waals surface area contributed by atoms with Crippen LogP contribution in [-0.2, 0) is 0 Å². The van der Waals surface area contributed by atoms with Gasteiger partial charge in [-0.1, -0.05) is 64.5 Å². The molecule has 5 nitrogen and oxygen atoms in total. The average molecular weight is 760 g/mol. The van der Waals surface area contributed by atoms with Crippen LogP contribution in [0.4, 0.5) is 0 Å². The summed E-state index contributed by atoms with van der Waals surface area (Å²) < 4.78 is 25.9. The maximum absolute atomic E-state index is 4.69. The highest BCUT2D eigenvalue weighted by atomic mass is 79.9. The predicted octanol–water partition coefficient (Wildman–Crippen LogP) is 12.5. The van der Waals surface area contributed by atoms with Gasteiger partial charge in [0.15, 0.2) is 0 Å². The van der Waals surface area contributed by atoms with E-state index in [0.29, 0.717) is 6.04 Å². The second-order valence-electron chi connectivity index (χ2n) is 10.8. The quantitative estimate of drug-likeness (QED) is 0.123. The third-order valence-corrected chi connectivity index (χ3v) is 12.9. The van der Waals surface area contributed by atoms with Crippen LogP contribution >= 0.6 is 78.0 Å². The fourth-order valence-electron chi connectivity index (χ4n) is 5.97. The summed E-state index contributed by atoms with van der Waals surface area (Å²) in [5.74, 6) is 0. The number of hydrogen-bond donors (Lipinski definition) is 0. The van der Waals surface area contributed by atoms with Gasteiger partial charge in [0.05, 0.1) is 43.9 Å². The minimum Gasteiger partial charge on any atom is -0.336 e. The van der Waals surface area contributed by atoms with Crippen molar-refractivity contribution in [3.05, 3.63) is 45.3 Å². The van der Waals surface area contributed by atoms with Gasteiger partial charge in [0, 0.05) is 35.9 Å². The van der Waals surface area contributed by atoms with Crippen LogP contribution in [0, 0.1) is 0 Å². The zero-order chi connectivity index (χ0) is 28.8. The maximum Gasteiger partial charge on any atom is 0.119 e. The number of unbranched alkanes of at least 4 members (excludes halogenated alkanes) is 4. The molecule has 11 heteroatoms. The van der Waals surface area contributed by atoms with Gasteiger partial charge in [-0.15, -0.1) is 22.7 Å². The van der Waals surface area contributed by atoms with Crippen molar-refractivity contribution in [2.24, 2.45) is 0 Å². The number of nitrogens with zero attached hydrogens (tertiary/aromatic N) is 5. The van der Waals surface area contributed by atoms with Crippen LogP contribution < -0.4 is 0 Å². The molecule has 42 heavy (non-hydrogen) atoms. The Labute approximate surface area is 277 Å². The van der Waals surface area contributed by atoms with E-state index in [1.54, 1.807) is 0 Å².